The number of aromatic nitrogens is 2. The number of hydrogen-bond donors (Lipinski definition) is 0. The predicted molar refractivity (Wildman–Crippen MR) is 74.5 cm³/mol. The van der Waals surface area contributed by atoms with Crippen LogP contribution in [-0.2, 0) is 13.5 Å². The van der Waals surface area contributed by atoms with E-state index in [0.29, 0.717) is 5.92 Å². The molecule has 1 heterocycles. The van der Waals surface area contributed by atoms with Crippen molar-refractivity contribution in [3.63, 3.8) is 0 Å². The molecule has 3 heteroatoms. The number of halogens is 1. The van der Waals surface area contributed by atoms with Crippen molar-refractivity contribution in [3.8, 4) is 0 Å². The molecule has 0 bridgehead atoms. The average Bonchev–Trinajstić information content (AvgIpc) is 2.77. The van der Waals surface area contributed by atoms with E-state index in [9.17, 15) is 0 Å². The van der Waals surface area contributed by atoms with Crippen molar-refractivity contribution in [2.75, 3.05) is 5.33 Å². The zero-order valence-corrected chi connectivity index (χ0v) is 11.6. The fourth-order valence-corrected chi connectivity index (χ4v) is 2.70. The molecule has 0 fully saturated rings. The van der Waals surface area contributed by atoms with Crippen LogP contribution in [0.2, 0.25) is 0 Å². The van der Waals surface area contributed by atoms with E-state index in [1.165, 1.54) is 11.1 Å². The standard InChI is InChI=1S/C14H17BrN2/c1-17-11-12(10-16-17)7-8-14(9-15)13-5-3-2-4-6-13/h2-6,10-11,14H,7-9H2,1H3. The monoisotopic (exact) mass is 292 g/mol. The van der Waals surface area contributed by atoms with E-state index >= 15 is 0 Å². The SMILES string of the molecule is Cn1cc(CCC(CBr)c2ccccc2)cn1. The highest BCUT2D eigenvalue weighted by atomic mass is 79.9. The Bertz CT molecular complexity index is 450. The predicted octanol–water partition coefficient (Wildman–Crippen LogP) is 3.53. The summed E-state index contributed by atoms with van der Waals surface area (Å²) in [5.41, 5.74) is 2.72. The fraction of sp³-hybridized carbons (Fsp3) is 0.357. The number of hydrogen-bond acceptors (Lipinski definition) is 1. The summed E-state index contributed by atoms with van der Waals surface area (Å²) in [5.74, 6) is 0.580. The molecule has 0 saturated carbocycles. The lowest BCUT2D eigenvalue weighted by molar-refractivity contribution is 0.691. The zero-order chi connectivity index (χ0) is 12.1. The van der Waals surface area contributed by atoms with E-state index in [2.05, 4.69) is 57.6 Å². The summed E-state index contributed by atoms with van der Waals surface area (Å²) >= 11 is 3.61. The molecule has 1 aromatic carbocycles. The Morgan fingerprint density at radius 2 is 2.06 bits per heavy atom. The maximum atomic E-state index is 4.20. The molecular formula is C14H17BrN2. The Morgan fingerprint density at radius 1 is 1.29 bits per heavy atom. The molecule has 2 rings (SSSR count). The fourth-order valence-electron chi connectivity index (χ4n) is 2.00. The molecule has 0 radical (unpaired) electrons. The van der Waals surface area contributed by atoms with Gasteiger partial charge in [0, 0.05) is 18.6 Å². The van der Waals surface area contributed by atoms with Gasteiger partial charge >= 0.3 is 0 Å². The van der Waals surface area contributed by atoms with Gasteiger partial charge in [0.2, 0.25) is 0 Å². The summed E-state index contributed by atoms with van der Waals surface area (Å²) in [6.07, 6.45) is 6.28. The highest BCUT2D eigenvalue weighted by Crippen LogP contribution is 2.23. The quantitative estimate of drug-likeness (QED) is 0.771. The lowest BCUT2D eigenvalue weighted by atomic mass is 9.95. The topological polar surface area (TPSA) is 17.8 Å². The van der Waals surface area contributed by atoms with Crippen molar-refractivity contribution in [2.24, 2.45) is 7.05 Å². The van der Waals surface area contributed by atoms with Gasteiger partial charge in [0.1, 0.15) is 0 Å². The first-order chi connectivity index (χ1) is 8.29. The molecule has 1 unspecified atom stereocenters. The van der Waals surface area contributed by atoms with Crippen LogP contribution < -0.4 is 0 Å². The van der Waals surface area contributed by atoms with E-state index in [-0.39, 0.29) is 0 Å². The Labute approximate surface area is 111 Å². The van der Waals surface area contributed by atoms with Gasteiger partial charge in [-0.1, -0.05) is 46.3 Å². The Hall–Kier alpha value is -1.09. The molecule has 0 N–H and O–H groups in total. The van der Waals surface area contributed by atoms with E-state index < -0.39 is 0 Å². The lowest BCUT2D eigenvalue weighted by Gasteiger charge is -2.13. The highest BCUT2D eigenvalue weighted by molar-refractivity contribution is 9.09. The van der Waals surface area contributed by atoms with Crippen molar-refractivity contribution in [3.05, 3.63) is 53.9 Å². The van der Waals surface area contributed by atoms with Crippen molar-refractivity contribution < 1.29 is 0 Å². The number of nitrogens with zero attached hydrogens (tertiary/aromatic N) is 2. The smallest absolute Gasteiger partial charge is 0.0521 e. The first-order valence-corrected chi connectivity index (χ1v) is 7.00. The lowest BCUT2D eigenvalue weighted by Crippen LogP contribution is -2.01. The van der Waals surface area contributed by atoms with Gasteiger partial charge < -0.3 is 0 Å². The maximum Gasteiger partial charge on any atom is 0.0521 e. The summed E-state index contributed by atoms with van der Waals surface area (Å²) in [7, 11) is 1.96. The number of rotatable bonds is 5. The third-order valence-corrected chi connectivity index (χ3v) is 3.78. The third-order valence-electron chi connectivity index (χ3n) is 3.00. The Balaban J connectivity index is 1.97. The van der Waals surface area contributed by atoms with Crippen molar-refractivity contribution in [1.82, 2.24) is 9.78 Å². The molecule has 0 aliphatic heterocycles. The molecule has 0 saturated heterocycles. The van der Waals surface area contributed by atoms with Crippen LogP contribution in [0, 0.1) is 0 Å². The van der Waals surface area contributed by atoms with Crippen LogP contribution in [0.15, 0.2) is 42.7 Å². The Kier molecular flexibility index (Phi) is 4.37. The van der Waals surface area contributed by atoms with E-state index in [4.69, 9.17) is 0 Å². The second kappa shape index (κ2) is 6.01. The number of alkyl halides is 1. The van der Waals surface area contributed by atoms with Gasteiger partial charge in [-0.05, 0) is 29.9 Å². The molecule has 1 aromatic heterocycles. The first kappa shape index (κ1) is 12.4. The molecule has 0 amide bonds. The summed E-state index contributed by atoms with van der Waals surface area (Å²) in [6, 6.07) is 10.7. The van der Waals surface area contributed by atoms with Crippen molar-refractivity contribution in [2.45, 2.75) is 18.8 Å². The largest absolute Gasteiger partial charge is 0.276 e. The van der Waals surface area contributed by atoms with Gasteiger partial charge in [0.15, 0.2) is 0 Å². The van der Waals surface area contributed by atoms with E-state index in [0.717, 1.165) is 18.2 Å². The van der Waals surface area contributed by atoms with Gasteiger partial charge in [-0.3, -0.25) is 4.68 Å². The molecule has 0 aliphatic carbocycles. The van der Waals surface area contributed by atoms with Crippen LogP contribution in [0.4, 0.5) is 0 Å². The molecule has 2 nitrogen and oxygen atoms in total. The molecule has 90 valence electrons. The molecule has 17 heavy (non-hydrogen) atoms. The van der Waals surface area contributed by atoms with Crippen molar-refractivity contribution >= 4 is 15.9 Å². The minimum atomic E-state index is 0.580. The highest BCUT2D eigenvalue weighted by Gasteiger charge is 2.10. The van der Waals surface area contributed by atoms with Crippen LogP contribution in [0.5, 0.6) is 0 Å². The third kappa shape index (κ3) is 3.43. The number of aryl methyl sites for hydroxylation is 2. The van der Waals surface area contributed by atoms with Crippen LogP contribution in [0.1, 0.15) is 23.5 Å². The zero-order valence-electron chi connectivity index (χ0n) is 10.0. The maximum absolute atomic E-state index is 4.20. The van der Waals surface area contributed by atoms with Gasteiger partial charge in [0.05, 0.1) is 6.20 Å². The normalized spacial score (nSPS) is 12.6. The Morgan fingerprint density at radius 3 is 2.65 bits per heavy atom. The molecule has 1 atom stereocenters. The number of benzene rings is 1. The summed E-state index contributed by atoms with van der Waals surface area (Å²) in [6.45, 7) is 0. The van der Waals surface area contributed by atoms with Gasteiger partial charge in [0.25, 0.3) is 0 Å². The molecule has 0 spiro atoms. The first-order valence-electron chi connectivity index (χ1n) is 5.88. The van der Waals surface area contributed by atoms with Gasteiger partial charge in [-0.2, -0.15) is 5.10 Å². The van der Waals surface area contributed by atoms with Crippen LogP contribution in [-0.4, -0.2) is 15.1 Å². The summed E-state index contributed by atoms with van der Waals surface area (Å²) in [4.78, 5) is 0. The minimum absolute atomic E-state index is 0.580. The molecule has 2 aromatic rings. The van der Waals surface area contributed by atoms with Crippen LogP contribution >= 0.6 is 15.9 Å². The van der Waals surface area contributed by atoms with Crippen LogP contribution in [0.3, 0.4) is 0 Å². The van der Waals surface area contributed by atoms with Crippen molar-refractivity contribution in [1.29, 1.82) is 0 Å². The second-order valence-corrected chi connectivity index (χ2v) is 4.97. The molecular weight excluding hydrogens is 276 g/mol. The average molecular weight is 293 g/mol. The molecule has 0 aliphatic rings. The van der Waals surface area contributed by atoms with Gasteiger partial charge in [-0.25, -0.2) is 0 Å². The minimum Gasteiger partial charge on any atom is -0.276 e. The van der Waals surface area contributed by atoms with Crippen LogP contribution in [0.25, 0.3) is 0 Å². The summed E-state index contributed by atoms with van der Waals surface area (Å²) < 4.78 is 1.86. The summed E-state index contributed by atoms with van der Waals surface area (Å²) in [5, 5.41) is 5.21. The van der Waals surface area contributed by atoms with E-state index in [1.54, 1.807) is 0 Å². The van der Waals surface area contributed by atoms with E-state index in [1.807, 2.05) is 17.9 Å². The second-order valence-electron chi connectivity index (χ2n) is 4.32. The van der Waals surface area contributed by atoms with Gasteiger partial charge in [-0.15, -0.1) is 0 Å².